The first-order chi connectivity index (χ1) is 12.3. The zero-order chi connectivity index (χ0) is 17.2. The summed E-state index contributed by atoms with van der Waals surface area (Å²) in [6.45, 7) is 0.844. The molecule has 2 heterocycles. The number of aryl methyl sites for hydroxylation is 1. The molecule has 0 saturated carbocycles. The Morgan fingerprint density at radius 1 is 1.16 bits per heavy atom. The van der Waals surface area contributed by atoms with Gasteiger partial charge in [0, 0.05) is 36.0 Å². The summed E-state index contributed by atoms with van der Waals surface area (Å²) in [7, 11) is 0. The normalized spacial score (nSPS) is 13.8. The predicted molar refractivity (Wildman–Crippen MR) is 95.2 cm³/mol. The van der Waals surface area contributed by atoms with Crippen molar-refractivity contribution in [2.45, 2.75) is 32.1 Å². The molecule has 25 heavy (non-hydrogen) atoms. The SMILES string of the molecule is OCCCNc1c2c(nc3cc(-c4ccc(F)cc4)nn13)CCCC2. The molecule has 0 aliphatic heterocycles. The average molecular weight is 340 g/mol. The molecule has 0 fully saturated rings. The van der Waals surface area contributed by atoms with Crippen LogP contribution in [0.25, 0.3) is 16.9 Å². The van der Waals surface area contributed by atoms with Gasteiger partial charge in [0.05, 0.1) is 5.69 Å². The third-order valence-electron chi connectivity index (χ3n) is 4.64. The number of rotatable bonds is 5. The smallest absolute Gasteiger partial charge is 0.158 e. The number of hydrogen-bond acceptors (Lipinski definition) is 4. The highest BCUT2D eigenvalue weighted by molar-refractivity contribution is 5.67. The van der Waals surface area contributed by atoms with Gasteiger partial charge in [0.15, 0.2) is 5.65 Å². The molecule has 0 atom stereocenters. The summed E-state index contributed by atoms with van der Waals surface area (Å²) in [5.74, 6) is 0.717. The lowest BCUT2D eigenvalue weighted by molar-refractivity contribution is 0.292. The highest BCUT2D eigenvalue weighted by Gasteiger charge is 2.20. The number of hydrogen-bond donors (Lipinski definition) is 2. The molecule has 4 rings (SSSR count). The van der Waals surface area contributed by atoms with Gasteiger partial charge in [0.2, 0.25) is 0 Å². The Morgan fingerprint density at radius 2 is 1.96 bits per heavy atom. The van der Waals surface area contributed by atoms with E-state index >= 15 is 0 Å². The van der Waals surface area contributed by atoms with Crippen molar-refractivity contribution in [3.8, 4) is 11.3 Å². The van der Waals surface area contributed by atoms with Crippen LogP contribution in [0, 0.1) is 5.82 Å². The van der Waals surface area contributed by atoms with Crippen LogP contribution in [0.15, 0.2) is 30.3 Å². The first kappa shape index (κ1) is 16.0. The molecule has 0 unspecified atom stereocenters. The molecule has 0 saturated heterocycles. The molecule has 5 nitrogen and oxygen atoms in total. The van der Waals surface area contributed by atoms with Gasteiger partial charge in [-0.2, -0.15) is 9.61 Å². The topological polar surface area (TPSA) is 62.5 Å². The first-order valence-corrected chi connectivity index (χ1v) is 8.78. The maximum atomic E-state index is 13.2. The van der Waals surface area contributed by atoms with Gasteiger partial charge in [-0.3, -0.25) is 0 Å². The monoisotopic (exact) mass is 340 g/mol. The molecule has 3 aromatic rings. The van der Waals surface area contributed by atoms with Crippen molar-refractivity contribution in [3.05, 3.63) is 47.4 Å². The molecule has 0 amide bonds. The fourth-order valence-corrected chi connectivity index (χ4v) is 3.38. The Hall–Kier alpha value is -2.47. The van der Waals surface area contributed by atoms with Crippen molar-refractivity contribution in [1.29, 1.82) is 0 Å². The van der Waals surface area contributed by atoms with Crippen LogP contribution < -0.4 is 5.32 Å². The second-order valence-corrected chi connectivity index (χ2v) is 6.40. The van der Waals surface area contributed by atoms with Crippen LogP contribution in [0.2, 0.25) is 0 Å². The summed E-state index contributed by atoms with van der Waals surface area (Å²) < 4.78 is 15.0. The number of nitrogens with one attached hydrogen (secondary N) is 1. The quantitative estimate of drug-likeness (QED) is 0.700. The standard InChI is InChI=1S/C19H21FN4O/c20-14-8-6-13(7-9-14)17-12-18-22-16-5-2-1-4-15(16)19(24(18)23-17)21-10-3-11-25/h6-9,12,21,25H,1-5,10-11H2. The van der Waals surface area contributed by atoms with Crippen molar-refractivity contribution >= 4 is 11.5 Å². The Bertz CT molecular complexity index is 889. The lowest BCUT2D eigenvalue weighted by Crippen LogP contribution is -2.16. The van der Waals surface area contributed by atoms with E-state index in [0.717, 1.165) is 54.1 Å². The number of aromatic nitrogens is 3. The molecule has 6 heteroatoms. The summed E-state index contributed by atoms with van der Waals surface area (Å²) in [6.07, 6.45) is 4.97. The Balaban J connectivity index is 1.81. The minimum absolute atomic E-state index is 0.156. The fourth-order valence-electron chi connectivity index (χ4n) is 3.38. The minimum Gasteiger partial charge on any atom is -0.396 e. The van der Waals surface area contributed by atoms with Gasteiger partial charge < -0.3 is 10.4 Å². The van der Waals surface area contributed by atoms with Gasteiger partial charge in [-0.05, 0) is 56.4 Å². The third kappa shape index (κ3) is 3.09. The van der Waals surface area contributed by atoms with E-state index in [1.807, 2.05) is 10.6 Å². The van der Waals surface area contributed by atoms with Gasteiger partial charge in [0.1, 0.15) is 11.6 Å². The second-order valence-electron chi connectivity index (χ2n) is 6.40. The van der Waals surface area contributed by atoms with Crippen LogP contribution >= 0.6 is 0 Å². The van der Waals surface area contributed by atoms with Crippen molar-refractivity contribution in [2.75, 3.05) is 18.5 Å². The van der Waals surface area contributed by atoms with E-state index in [4.69, 9.17) is 15.2 Å². The van der Waals surface area contributed by atoms with Crippen LogP contribution in [0.3, 0.4) is 0 Å². The van der Waals surface area contributed by atoms with Gasteiger partial charge in [-0.25, -0.2) is 9.37 Å². The number of aliphatic hydroxyl groups is 1. The number of anilines is 1. The number of halogens is 1. The van der Waals surface area contributed by atoms with Crippen LogP contribution in [-0.4, -0.2) is 32.9 Å². The zero-order valence-corrected chi connectivity index (χ0v) is 14.0. The van der Waals surface area contributed by atoms with Gasteiger partial charge >= 0.3 is 0 Å². The predicted octanol–water partition coefficient (Wildman–Crippen LogP) is 3.21. The van der Waals surface area contributed by atoms with E-state index in [1.54, 1.807) is 12.1 Å². The zero-order valence-electron chi connectivity index (χ0n) is 14.0. The van der Waals surface area contributed by atoms with E-state index in [2.05, 4.69) is 5.32 Å². The van der Waals surface area contributed by atoms with Crippen LogP contribution in [-0.2, 0) is 12.8 Å². The fraction of sp³-hybridized carbons (Fsp3) is 0.368. The summed E-state index contributed by atoms with van der Waals surface area (Å²) in [4.78, 5) is 4.81. The number of aliphatic hydroxyl groups excluding tert-OH is 1. The molecular formula is C19H21FN4O. The number of fused-ring (bicyclic) bond motifs is 2. The number of nitrogens with zero attached hydrogens (tertiary/aromatic N) is 3. The maximum Gasteiger partial charge on any atom is 0.158 e. The molecule has 0 spiro atoms. The van der Waals surface area contributed by atoms with Crippen molar-refractivity contribution in [3.63, 3.8) is 0 Å². The minimum atomic E-state index is -0.257. The second kappa shape index (κ2) is 6.80. The van der Waals surface area contributed by atoms with Crippen molar-refractivity contribution in [2.24, 2.45) is 0 Å². The van der Waals surface area contributed by atoms with Gasteiger partial charge in [-0.15, -0.1) is 0 Å². The average Bonchev–Trinajstić information content (AvgIpc) is 3.05. The van der Waals surface area contributed by atoms with E-state index in [9.17, 15) is 4.39 Å². The molecule has 1 aromatic carbocycles. The van der Waals surface area contributed by atoms with E-state index < -0.39 is 0 Å². The molecule has 2 N–H and O–H groups in total. The molecule has 1 aliphatic rings. The number of benzene rings is 1. The molecule has 1 aliphatic carbocycles. The largest absolute Gasteiger partial charge is 0.396 e. The van der Waals surface area contributed by atoms with E-state index in [0.29, 0.717) is 13.0 Å². The molecule has 2 aromatic heterocycles. The van der Waals surface area contributed by atoms with E-state index in [1.165, 1.54) is 17.7 Å². The van der Waals surface area contributed by atoms with Crippen molar-refractivity contribution in [1.82, 2.24) is 14.6 Å². The van der Waals surface area contributed by atoms with Crippen LogP contribution in [0.5, 0.6) is 0 Å². The van der Waals surface area contributed by atoms with Gasteiger partial charge in [-0.1, -0.05) is 0 Å². The Morgan fingerprint density at radius 3 is 2.76 bits per heavy atom. The van der Waals surface area contributed by atoms with E-state index in [-0.39, 0.29) is 12.4 Å². The lowest BCUT2D eigenvalue weighted by Gasteiger charge is -2.20. The molecule has 0 bridgehead atoms. The molecule has 0 radical (unpaired) electrons. The van der Waals surface area contributed by atoms with Gasteiger partial charge in [0.25, 0.3) is 0 Å². The Labute approximate surface area is 145 Å². The molecular weight excluding hydrogens is 319 g/mol. The van der Waals surface area contributed by atoms with Crippen LogP contribution in [0.4, 0.5) is 10.2 Å². The maximum absolute atomic E-state index is 13.2. The summed E-state index contributed by atoms with van der Waals surface area (Å²) in [5, 5.41) is 17.2. The molecule has 130 valence electrons. The van der Waals surface area contributed by atoms with Crippen molar-refractivity contribution < 1.29 is 9.50 Å². The first-order valence-electron chi connectivity index (χ1n) is 8.78. The summed E-state index contributed by atoms with van der Waals surface area (Å²) in [6, 6.07) is 8.29. The van der Waals surface area contributed by atoms with Crippen LogP contribution in [0.1, 0.15) is 30.5 Å². The lowest BCUT2D eigenvalue weighted by atomic mass is 9.96. The highest BCUT2D eigenvalue weighted by atomic mass is 19.1. The third-order valence-corrected chi connectivity index (χ3v) is 4.64. The Kier molecular flexibility index (Phi) is 4.36. The highest BCUT2D eigenvalue weighted by Crippen LogP contribution is 2.29. The summed E-state index contributed by atoms with van der Waals surface area (Å²) in [5.41, 5.74) is 4.80. The summed E-state index contributed by atoms with van der Waals surface area (Å²) >= 11 is 0.